The number of carbonyl (C=O) groups excluding carboxylic acids is 3. The van der Waals surface area contributed by atoms with Gasteiger partial charge < -0.3 is 16.0 Å². The van der Waals surface area contributed by atoms with Gasteiger partial charge in [0.2, 0.25) is 17.7 Å². The van der Waals surface area contributed by atoms with E-state index < -0.39 is 5.92 Å². The van der Waals surface area contributed by atoms with Gasteiger partial charge in [0.25, 0.3) is 0 Å². The summed E-state index contributed by atoms with van der Waals surface area (Å²) in [5.74, 6) is 1.55. The van der Waals surface area contributed by atoms with Gasteiger partial charge in [-0.15, -0.1) is 0 Å². The third-order valence-electron chi connectivity index (χ3n) is 15.2. The molecule has 3 fully saturated rings. The number of carbonyl (C=O) groups is 3. The molecule has 0 unspecified atom stereocenters. The summed E-state index contributed by atoms with van der Waals surface area (Å²) in [7, 11) is 0. The Morgan fingerprint density at radius 2 is 0.600 bits per heavy atom. The van der Waals surface area contributed by atoms with Gasteiger partial charge in [-0.1, -0.05) is 194 Å². The van der Waals surface area contributed by atoms with Gasteiger partial charge in [0, 0.05) is 31.0 Å². The zero-order valence-corrected chi connectivity index (χ0v) is 40.3. The van der Waals surface area contributed by atoms with Crippen molar-refractivity contribution in [1.82, 2.24) is 16.0 Å². The van der Waals surface area contributed by atoms with Crippen LogP contribution in [0, 0.1) is 23.7 Å². The zero-order chi connectivity index (χ0) is 42.9. The fourth-order valence-electron chi connectivity index (χ4n) is 11.1. The lowest BCUT2D eigenvalue weighted by Gasteiger charge is -2.31. The van der Waals surface area contributed by atoms with E-state index in [0.717, 1.165) is 56.3 Å². The molecule has 3 N–H and O–H groups in total. The van der Waals surface area contributed by atoms with Crippen molar-refractivity contribution < 1.29 is 14.4 Å². The molecule has 0 aromatic heterocycles. The molecule has 0 heterocycles. The highest BCUT2D eigenvalue weighted by Crippen LogP contribution is 2.32. The van der Waals surface area contributed by atoms with Crippen molar-refractivity contribution in [3.05, 3.63) is 0 Å². The highest BCUT2D eigenvalue weighted by atomic mass is 16.2. The number of hydrogen-bond donors (Lipinski definition) is 3. The van der Waals surface area contributed by atoms with Crippen LogP contribution in [0.1, 0.15) is 284 Å². The van der Waals surface area contributed by atoms with E-state index in [1.807, 2.05) is 0 Å². The molecule has 0 aromatic rings. The molecule has 3 saturated carbocycles. The number of amides is 3. The van der Waals surface area contributed by atoms with Crippen LogP contribution in [0.25, 0.3) is 0 Å². The first-order valence-electron chi connectivity index (χ1n) is 27.3. The molecule has 0 bridgehead atoms. The minimum absolute atomic E-state index is 0.0509. The van der Waals surface area contributed by atoms with E-state index in [0.29, 0.717) is 0 Å². The van der Waals surface area contributed by atoms with Crippen LogP contribution in [0.4, 0.5) is 0 Å². The van der Waals surface area contributed by atoms with Crippen LogP contribution in [-0.2, 0) is 14.4 Å². The van der Waals surface area contributed by atoms with Crippen LogP contribution in [0.15, 0.2) is 0 Å². The Hall–Kier alpha value is -1.59. The predicted octanol–water partition coefficient (Wildman–Crippen LogP) is 15.0. The Morgan fingerprint density at radius 1 is 0.350 bits per heavy atom. The van der Waals surface area contributed by atoms with Gasteiger partial charge in [-0.3, -0.25) is 14.4 Å². The smallest absolute Gasteiger partial charge is 0.224 e. The molecule has 3 rings (SSSR count). The molecule has 60 heavy (non-hydrogen) atoms. The molecule has 350 valence electrons. The van der Waals surface area contributed by atoms with Crippen molar-refractivity contribution in [2.45, 2.75) is 302 Å². The molecule has 3 aliphatic carbocycles. The van der Waals surface area contributed by atoms with E-state index in [4.69, 9.17) is 0 Å². The third kappa shape index (κ3) is 25.5. The molecule has 0 spiro atoms. The Morgan fingerprint density at radius 3 is 0.883 bits per heavy atom. The molecule has 0 atom stereocenters. The molecule has 3 amide bonds. The molecule has 0 aromatic carbocycles. The first-order chi connectivity index (χ1) is 29.4. The van der Waals surface area contributed by atoms with Crippen LogP contribution in [0.3, 0.4) is 0 Å². The minimum Gasteiger partial charge on any atom is -0.353 e. The van der Waals surface area contributed by atoms with Crippen LogP contribution in [0.2, 0.25) is 0 Å². The van der Waals surface area contributed by atoms with E-state index in [1.165, 1.54) is 212 Å². The largest absolute Gasteiger partial charge is 0.353 e. The lowest BCUT2D eigenvalue weighted by atomic mass is 9.82. The average Bonchev–Trinajstić information content (AvgIpc) is 3.25. The lowest BCUT2D eigenvalue weighted by molar-refractivity contribution is -0.134. The molecule has 0 aliphatic heterocycles. The summed E-state index contributed by atoms with van der Waals surface area (Å²) in [6.07, 6.45) is 50.3. The van der Waals surface area contributed by atoms with E-state index in [-0.39, 0.29) is 48.7 Å². The van der Waals surface area contributed by atoms with Gasteiger partial charge in [-0.25, -0.2) is 0 Å². The normalized spacial score (nSPS) is 23.9. The first kappa shape index (κ1) is 52.8. The number of nitrogens with one attached hydrogen (secondary N) is 3. The maximum atomic E-state index is 13.9. The van der Waals surface area contributed by atoms with Gasteiger partial charge in [-0.2, -0.15) is 0 Å². The Bertz CT molecular complexity index is 1000. The standard InChI is InChI=1S/C54H101N3O3/c1-4-7-10-13-16-19-22-25-28-45-31-37-49(38-32-45)55-52(58)43-48(54(60)57-51-41-35-47(36-42-51)30-27-24-21-18-15-12-9-6-3)44-53(59)56-50-39-33-46(34-40-50)29-26-23-20-17-14-11-8-5-2/h45-51H,4-44H2,1-3H3,(H,55,58)(H,56,59)(H,57,60). The van der Waals surface area contributed by atoms with Crippen molar-refractivity contribution in [2.24, 2.45) is 23.7 Å². The first-order valence-corrected chi connectivity index (χ1v) is 27.3. The summed E-state index contributed by atoms with van der Waals surface area (Å²) < 4.78 is 0. The highest BCUT2D eigenvalue weighted by Gasteiger charge is 2.31. The number of rotatable bonds is 35. The summed E-state index contributed by atoms with van der Waals surface area (Å²) in [4.78, 5) is 41.1. The predicted molar refractivity (Wildman–Crippen MR) is 256 cm³/mol. The van der Waals surface area contributed by atoms with Crippen molar-refractivity contribution in [2.75, 3.05) is 0 Å². The van der Waals surface area contributed by atoms with Crippen molar-refractivity contribution >= 4 is 17.7 Å². The third-order valence-corrected chi connectivity index (χ3v) is 15.2. The fraction of sp³-hybridized carbons (Fsp3) is 0.944. The summed E-state index contributed by atoms with van der Waals surface area (Å²) >= 11 is 0. The summed E-state index contributed by atoms with van der Waals surface area (Å²) in [6, 6.07) is 0.554. The van der Waals surface area contributed by atoms with E-state index in [2.05, 4.69) is 36.7 Å². The van der Waals surface area contributed by atoms with Crippen LogP contribution in [-0.4, -0.2) is 35.8 Å². The zero-order valence-electron chi connectivity index (χ0n) is 40.3. The number of unbranched alkanes of at least 4 members (excludes halogenated alkanes) is 21. The molecule has 0 radical (unpaired) electrons. The maximum absolute atomic E-state index is 13.9. The molecule has 3 aliphatic rings. The summed E-state index contributed by atoms with van der Waals surface area (Å²) in [6.45, 7) is 6.85. The van der Waals surface area contributed by atoms with E-state index >= 15 is 0 Å². The monoisotopic (exact) mass is 840 g/mol. The fourth-order valence-corrected chi connectivity index (χ4v) is 11.1. The second kappa shape index (κ2) is 34.8. The van der Waals surface area contributed by atoms with E-state index in [9.17, 15) is 14.4 Å². The number of hydrogen-bond acceptors (Lipinski definition) is 3. The minimum atomic E-state index is -0.614. The van der Waals surface area contributed by atoms with Crippen LogP contribution >= 0.6 is 0 Å². The van der Waals surface area contributed by atoms with Gasteiger partial charge >= 0.3 is 0 Å². The molecule has 6 nitrogen and oxygen atoms in total. The highest BCUT2D eigenvalue weighted by molar-refractivity contribution is 5.90. The molecule has 6 heteroatoms. The summed E-state index contributed by atoms with van der Waals surface area (Å²) in [5, 5.41) is 9.99. The summed E-state index contributed by atoms with van der Waals surface area (Å²) in [5.41, 5.74) is 0. The second-order valence-electron chi connectivity index (χ2n) is 20.7. The van der Waals surface area contributed by atoms with Gasteiger partial charge in [0.1, 0.15) is 0 Å². The van der Waals surface area contributed by atoms with Crippen LogP contribution in [0.5, 0.6) is 0 Å². The Kier molecular flexibility index (Phi) is 30.6. The van der Waals surface area contributed by atoms with E-state index in [1.54, 1.807) is 0 Å². The molecule has 0 saturated heterocycles. The van der Waals surface area contributed by atoms with Gasteiger partial charge in [0.15, 0.2) is 0 Å². The van der Waals surface area contributed by atoms with Crippen molar-refractivity contribution in [1.29, 1.82) is 0 Å². The van der Waals surface area contributed by atoms with Crippen molar-refractivity contribution in [3.8, 4) is 0 Å². The quantitative estimate of drug-likeness (QED) is 0.0556. The van der Waals surface area contributed by atoms with Crippen molar-refractivity contribution in [3.63, 3.8) is 0 Å². The Balaban J connectivity index is 1.40. The Labute approximate surface area is 372 Å². The SMILES string of the molecule is CCCCCCCCCCC1CCC(NC(=O)CC(CC(=O)NC2CCC(CCCCCCCCCC)CC2)C(=O)NC2CCC(CCCCCCCCCC)CC2)CC1. The average molecular weight is 840 g/mol. The van der Waals surface area contributed by atoms with Gasteiger partial charge in [-0.05, 0) is 94.8 Å². The molecular formula is C54H101N3O3. The topological polar surface area (TPSA) is 87.3 Å². The maximum Gasteiger partial charge on any atom is 0.224 e. The lowest BCUT2D eigenvalue weighted by Crippen LogP contribution is -2.46. The van der Waals surface area contributed by atoms with Crippen LogP contribution < -0.4 is 16.0 Å². The molecular weight excluding hydrogens is 739 g/mol. The second-order valence-corrected chi connectivity index (χ2v) is 20.7. The van der Waals surface area contributed by atoms with Gasteiger partial charge in [0.05, 0.1) is 5.92 Å².